The van der Waals surface area contributed by atoms with E-state index >= 15 is 0 Å². The van der Waals surface area contributed by atoms with Gasteiger partial charge in [0.1, 0.15) is 5.82 Å². The van der Waals surface area contributed by atoms with Gasteiger partial charge >= 0.3 is 0 Å². The molecule has 0 aliphatic carbocycles. The zero-order valence-electron chi connectivity index (χ0n) is 15.2. The Bertz CT molecular complexity index is 908. The van der Waals surface area contributed by atoms with Gasteiger partial charge in [0, 0.05) is 37.2 Å². The molecule has 3 heterocycles. The molecular weight excluding hydrogens is 326 g/mol. The number of nitrogens with zero attached hydrogens (tertiary/aromatic N) is 5. The predicted octanol–water partition coefficient (Wildman–Crippen LogP) is 3.16. The standard InChI is InChI=1S/C20H23N5O/c1-15-12-22-25(13-15)18-7-5-17(6-8-18)20(26)23-10-3-4-19(14-23)24-11-9-21-16(24)2/h5-9,11-13,19H,3-4,10,14H2,1-2H3/t19-/m0/s1. The van der Waals surface area contributed by atoms with Crippen molar-refractivity contribution in [3.8, 4) is 5.69 Å². The molecule has 1 aliphatic heterocycles. The predicted molar refractivity (Wildman–Crippen MR) is 99.4 cm³/mol. The van der Waals surface area contributed by atoms with Crippen LogP contribution in [0.3, 0.4) is 0 Å². The molecule has 0 saturated carbocycles. The lowest BCUT2D eigenvalue weighted by molar-refractivity contribution is 0.0678. The zero-order chi connectivity index (χ0) is 18.1. The third kappa shape index (κ3) is 3.14. The van der Waals surface area contributed by atoms with Crippen LogP contribution in [0.1, 0.15) is 40.6 Å². The van der Waals surface area contributed by atoms with Crippen molar-refractivity contribution in [1.82, 2.24) is 24.2 Å². The first-order valence-electron chi connectivity index (χ1n) is 9.02. The van der Waals surface area contributed by atoms with Crippen molar-refractivity contribution in [3.63, 3.8) is 0 Å². The van der Waals surface area contributed by atoms with Crippen LogP contribution in [0.5, 0.6) is 0 Å². The van der Waals surface area contributed by atoms with Crippen LogP contribution in [0, 0.1) is 13.8 Å². The van der Waals surface area contributed by atoms with Crippen LogP contribution in [0.15, 0.2) is 49.1 Å². The van der Waals surface area contributed by atoms with Gasteiger partial charge < -0.3 is 9.47 Å². The zero-order valence-corrected chi connectivity index (χ0v) is 15.2. The minimum Gasteiger partial charge on any atom is -0.337 e. The van der Waals surface area contributed by atoms with Gasteiger partial charge in [0.05, 0.1) is 17.9 Å². The molecule has 0 unspecified atom stereocenters. The normalized spacial score (nSPS) is 17.5. The average Bonchev–Trinajstić information content (AvgIpc) is 3.30. The third-order valence-electron chi connectivity index (χ3n) is 5.03. The Morgan fingerprint density at radius 1 is 1.19 bits per heavy atom. The van der Waals surface area contributed by atoms with E-state index in [0.717, 1.165) is 48.6 Å². The number of carbonyl (C=O) groups is 1. The van der Waals surface area contributed by atoms with E-state index < -0.39 is 0 Å². The molecule has 4 rings (SSSR count). The summed E-state index contributed by atoms with van der Waals surface area (Å²) in [5.74, 6) is 1.10. The second-order valence-corrected chi connectivity index (χ2v) is 6.94. The molecule has 0 N–H and O–H groups in total. The summed E-state index contributed by atoms with van der Waals surface area (Å²) in [4.78, 5) is 19.2. The fourth-order valence-corrected chi connectivity index (χ4v) is 3.63. The minimum absolute atomic E-state index is 0.0932. The van der Waals surface area contributed by atoms with E-state index in [-0.39, 0.29) is 5.91 Å². The summed E-state index contributed by atoms with van der Waals surface area (Å²) in [6, 6.07) is 7.98. The lowest BCUT2D eigenvalue weighted by Crippen LogP contribution is -2.40. The van der Waals surface area contributed by atoms with Crippen LogP contribution >= 0.6 is 0 Å². The molecule has 0 bridgehead atoms. The average molecular weight is 349 g/mol. The summed E-state index contributed by atoms with van der Waals surface area (Å²) in [6.07, 6.45) is 9.72. The Balaban J connectivity index is 1.49. The molecule has 2 aromatic heterocycles. The van der Waals surface area contributed by atoms with E-state index in [0.29, 0.717) is 6.04 Å². The van der Waals surface area contributed by atoms with Crippen molar-refractivity contribution < 1.29 is 4.79 Å². The fraction of sp³-hybridized carbons (Fsp3) is 0.350. The largest absolute Gasteiger partial charge is 0.337 e. The maximum Gasteiger partial charge on any atom is 0.253 e. The molecule has 6 heteroatoms. The first kappa shape index (κ1) is 16.6. The number of amides is 1. The van der Waals surface area contributed by atoms with Gasteiger partial charge in [-0.25, -0.2) is 9.67 Å². The Labute approximate surface area is 153 Å². The first-order chi connectivity index (χ1) is 12.6. The van der Waals surface area contributed by atoms with E-state index in [4.69, 9.17) is 0 Å². The molecular formula is C20H23N5O. The van der Waals surface area contributed by atoms with Crippen LogP contribution in [0.25, 0.3) is 5.69 Å². The molecule has 26 heavy (non-hydrogen) atoms. The topological polar surface area (TPSA) is 56.0 Å². The number of likely N-dealkylation sites (tertiary alicyclic amines) is 1. The molecule has 1 aliphatic rings. The lowest BCUT2D eigenvalue weighted by Gasteiger charge is -2.34. The summed E-state index contributed by atoms with van der Waals surface area (Å²) in [7, 11) is 0. The van der Waals surface area contributed by atoms with Crippen LogP contribution in [-0.4, -0.2) is 43.2 Å². The number of hydrogen-bond acceptors (Lipinski definition) is 3. The first-order valence-corrected chi connectivity index (χ1v) is 9.02. The minimum atomic E-state index is 0.0932. The molecule has 1 aromatic carbocycles. The number of aryl methyl sites for hydroxylation is 2. The third-order valence-corrected chi connectivity index (χ3v) is 5.03. The number of aromatic nitrogens is 4. The molecule has 0 radical (unpaired) electrons. The van der Waals surface area contributed by atoms with E-state index in [1.165, 1.54) is 0 Å². The van der Waals surface area contributed by atoms with Gasteiger partial charge in [0.2, 0.25) is 0 Å². The number of carbonyl (C=O) groups excluding carboxylic acids is 1. The van der Waals surface area contributed by atoms with Crippen molar-refractivity contribution in [2.24, 2.45) is 0 Å². The van der Waals surface area contributed by atoms with Crippen LogP contribution in [0.2, 0.25) is 0 Å². The molecule has 0 spiro atoms. The summed E-state index contributed by atoms with van der Waals surface area (Å²) in [6.45, 7) is 5.56. The van der Waals surface area contributed by atoms with E-state index in [1.54, 1.807) is 0 Å². The fourth-order valence-electron chi connectivity index (χ4n) is 3.63. The molecule has 1 fully saturated rings. The van der Waals surface area contributed by atoms with Crippen LogP contribution in [-0.2, 0) is 0 Å². The van der Waals surface area contributed by atoms with Crippen molar-refractivity contribution in [2.45, 2.75) is 32.7 Å². The molecule has 1 amide bonds. The molecule has 6 nitrogen and oxygen atoms in total. The van der Waals surface area contributed by atoms with Crippen molar-refractivity contribution in [3.05, 3.63) is 66.0 Å². The highest BCUT2D eigenvalue weighted by Crippen LogP contribution is 2.24. The van der Waals surface area contributed by atoms with Gasteiger partial charge in [-0.2, -0.15) is 5.10 Å². The van der Waals surface area contributed by atoms with Gasteiger partial charge in [-0.3, -0.25) is 4.79 Å². The van der Waals surface area contributed by atoms with E-state index in [2.05, 4.69) is 14.6 Å². The Morgan fingerprint density at radius 2 is 2.00 bits per heavy atom. The SMILES string of the molecule is Cc1cnn(-c2ccc(C(=O)N3CCC[C@H](n4ccnc4C)C3)cc2)c1. The van der Waals surface area contributed by atoms with Crippen molar-refractivity contribution in [2.75, 3.05) is 13.1 Å². The number of piperidine rings is 1. The summed E-state index contributed by atoms with van der Waals surface area (Å²) >= 11 is 0. The summed E-state index contributed by atoms with van der Waals surface area (Å²) in [5.41, 5.74) is 2.79. The maximum atomic E-state index is 12.9. The maximum absolute atomic E-state index is 12.9. The number of imidazole rings is 1. The van der Waals surface area contributed by atoms with Gasteiger partial charge in [-0.1, -0.05) is 0 Å². The van der Waals surface area contributed by atoms with Gasteiger partial charge in [0.25, 0.3) is 5.91 Å². The van der Waals surface area contributed by atoms with Gasteiger partial charge in [-0.15, -0.1) is 0 Å². The molecule has 3 aromatic rings. The lowest BCUT2D eigenvalue weighted by atomic mass is 10.0. The second kappa shape index (κ2) is 6.78. The Hall–Kier alpha value is -2.89. The van der Waals surface area contributed by atoms with E-state index in [1.807, 2.05) is 72.5 Å². The quantitative estimate of drug-likeness (QED) is 0.730. The smallest absolute Gasteiger partial charge is 0.253 e. The summed E-state index contributed by atoms with van der Waals surface area (Å²) in [5, 5.41) is 4.31. The second-order valence-electron chi connectivity index (χ2n) is 6.94. The highest BCUT2D eigenvalue weighted by Gasteiger charge is 2.26. The van der Waals surface area contributed by atoms with Crippen molar-refractivity contribution in [1.29, 1.82) is 0 Å². The van der Waals surface area contributed by atoms with Crippen molar-refractivity contribution >= 4 is 5.91 Å². The van der Waals surface area contributed by atoms with Crippen LogP contribution in [0.4, 0.5) is 0 Å². The van der Waals surface area contributed by atoms with E-state index in [9.17, 15) is 4.79 Å². The number of benzene rings is 1. The van der Waals surface area contributed by atoms with Gasteiger partial charge in [0.15, 0.2) is 0 Å². The Morgan fingerprint density at radius 3 is 2.65 bits per heavy atom. The highest BCUT2D eigenvalue weighted by molar-refractivity contribution is 5.94. The molecule has 134 valence electrons. The highest BCUT2D eigenvalue weighted by atomic mass is 16.2. The van der Waals surface area contributed by atoms with Gasteiger partial charge in [-0.05, 0) is 56.5 Å². The monoisotopic (exact) mass is 349 g/mol. The molecule has 1 saturated heterocycles. The summed E-state index contributed by atoms with van der Waals surface area (Å²) < 4.78 is 4.00. The van der Waals surface area contributed by atoms with Crippen LogP contribution < -0.4 is 0 Å². The molecule has 1 atom stereocenters. The number of rotatable bonds is 3. The number of hydrogen-bond donors (Lipinski definition) is 0. The Kier molecular flexibility index (Phi) is 4.32.